The van der Waals surface area contributed by atoms with Crippen LogP contribution in [0.1, 0.15) is 29.7 Å². The van der Waals surface area contributed by atoms with Crippen molar-refractivity contribution < 1.29 is 0 Å². The first kappa shape index (κ1) is 15.6. The number of nitrogens with one attached hydrogen (secondary N) is 2. The molecule has 0 amide bonds. The topological polar surface area (TPSA) is 57.4 Å². The van der Waals surface area contributed by atoms with E-state index in [4.69, 9.17) is 0 Å². The fourth-order valence-corrected chi connectivity index (χ4v) is 3.20. The van der Waals surface area contributed by atoms with Gasteiger partial charge < -0.3 is 9.97 Å². The maximum atomic E-state index is 4.68. The van der Waals surface area contributed by atoms with Crippen LogP contribution in [-0.2, 0) is 12.8 Å². The van der Waals surface area contributed by atoms with Gasteiger partial charge in [-0.05, 0) is 62.6 Å². The maximum Gasteiger partial charge on any atom is 0.111 e. The molecule has 25 heavy (non-hydrogen) atoms. The minimum absolute atomic E-state index is 0.846. The van der Waals surface area contributed by atoms with E-state index in [0.29, 0.717) is 0 Å². The van der Waals surface area contributed by atoms with Crippen LogP contribution in [0.25, 0.3) is 22.1 Å². The van der Waals surface area contributed by atoms with Crippen LogP contribution >= 0.6 is 0 Å². The van der Waals surface area contributed by atoms with Gasteiger partial charge >= 0.3 is 0 Å². The van der Waals surface area contributed by atoms with Crippen molar-refractivity contribution in [2.24, 2.45) is 0 Å². The molecule has 0 aliphatic rings. The van der Waals surface area contributed by atoms with Gasteiger partial charge in [0.25, 0.3) is 0 Å². The highest BCUT2D eigenvalue weighted by molar-refractivity contribution is 5.76. The van der Waals surface area contributed by atoms with Crippen molar-refractivity contribution in [2.45, 2.75) is 33.6 Å². The van der Waals surface area contributed by atoms with Gasteiger partial charge in [0.15, 0.2) is 0 Å². The number of rotatable bonds is 4. The Kier molecular flexibility index (Phi) is 3.88. The highest BCUT2D eigenvalue weighted by atomic mass is 14.9. The minimum atomic E-state index is 0.846. The first-order valence-corrected chi connectivity index (χ1v) is 8.63. The quantitative estimate of drug-likeness (QED) is 0.529. The fourth-order valence-electron chi connectivity index (χ4n) is 3.20. The van der Waals surface area contributed by atoms with Crippen LogP contribution in [-0.4, -0.2) is 19.9 Å². The van der Waals surface area contributed by atoms with Crippen LogP contribution in [0.5, 0.6) is 0 Å². The SMILES string of the molecule is C/C(=C/Cc1ccc2nc(C)[nH]c2c1)Cc1nc2ccc(C)cc2[nH]1. The van der Waals surface area contributed by atoms with Gasteiger partial charge in [-0.2, -0.15) is 0 Å². The van der Waals surface area contributed by atoms with Gasteiger partial charge in [-0.25, -0.2) is 9.97 Å². The van der Waals surface area contributed by atoms with Crippen LogP contribution in [0.2, 0.25) is 0 Å². The summed E-state index contributed by atoms with van der Waals surface area (Å²) in [6.07, 6.45) is 4.04. The first-order valence-electron chi connectivity index (χ1n) is 8.63. The summed E-state index contributed by atoms with van der Waals surface area (Å²) in [6, 6.07) is 12.7. The van der Waals surface area contributed by atoms with E-state index in [1.807, 2.05) is 6.92 Å². The number of hydrogen-bond donors (Lipinski definition) is 2. The lowest BCUT2D eigenvalue weighted by Gasteiger charge is -2.00. The third-order valence-corrected chi connectivity index (χ3v) is 4.48. The minimum Gasteiger partial charge on any atom is -0.342 e. The molecule has 2 aromatic heterocycles. The molecule has 2 heterocycles. The molecular weight excluding hydrogens is 308 g/mol. The van der Waals surface area contributed by atoms with Gasteiger partial charge in [-0.3, -0.25) is 0 Å². The molecule has 126 valence electrons. The number of H-pyrrole nitrogens is 2. The van der Waals surface area contributed by atoms with E-state index in [1.54, 1.807) is 0 Å². The molecule has 0 bridgehead atoms. The average Bonchev–Trinajstić information content (AvgIpc) is 3.13. The number of imidazole rings is 2. The number of aromatic nitrogens is 4. The molecule has 0 atom stereocenters. The van der Waals surface area contributed by atoms with Gasteiger partial charge in [0, 0.05) is 6.42 Å². The Labute approximate surface area is 147 Å². The lowest BCUT2D eigenvalue weighted by molar-refractivity contribution is 1.00. The zero-order valence-corrected chi connectivity index (χ0v) is 14.9. The predicted octanol–water partition coefficient (Wildman–Crippen LogP) is 4.79. The van der Waals surface area contributed by atoms with Crippen molar-refractivity contribution in [1.82, 2.24) is 19.9 Å². The highest BCUT2D eigenvalue weighted by Gasteiger charge is 2.04. The molecule has 0 unspecified atom stereocenters. The average molecular weight is 330 g/mol. The van der Waals surface area contributed by atoms with Crippen LogP contribution < -0.4 is 0 Å². The molecule has 2 aromatic carbocycles. The van der Waals surface area contributed by atoms with Crippen molar-refractivity contribution in [2.75, 3.05) is 0 Å². The second-order valence-corrected chi connectivity index (χ2v) is 6.81. The molecule has 4 rings (SSSR count). The van der Waals surface area contributed by atoms with E-state index in [9.17, 15) is 0 Å². The smallest absolute Gasteiger partial charge is 0.111 e. The molecule has 0 saturated carbocycles. The Morgan fingerprint density at radius 2 is 1.72 bits per heavy atom. The molecule has 0 saturated heterocycles. The van der Waals surface area contributed by atoms with E-state index in [0.717, 1.165) is 46.6 Å². The Bertz CT molecular complexity index is 1080. The van der Waals surface area contributed by atoms with Crippen molar-refractivity contribution in [1.29, 1.82) is 0 Å². The van der Waals surface area contributed by atoms with E-state index in [2.05, 4.69) is 76.3 Å². The summed E-state index contributed by atoms with van der Waals surface area (Å²) in [5.74, 6) is 1.98. The summed E-state index contributed by atoms with van der Waals surface area (Å²) >= 11 is 0. The Morgan fingerprint density at radius 3 is 2.60 bits per heavy atom. The van der Waals surface area contributed by atoms with E-state index >= 15 is 0 Å². The lowest BCUT2D eigenvalue weighted by atomic mass is 10.1. The zero-order valence-electron chi connectivity index (χ0n) is 14.9. The second kappa shape index (κ2) is 6.20. The van der Waals surface area contributed by atoms with Gasteiger partial charge in [-0.1, -0.05) is 23.8 Å². The summed E-state index contributed by atoms with van der Waals surface area (Å²) in [4.78, 5) is 15.9. The van der Waals surface area contributed by atoms with E-state index in [-0.39, 0.29) is 0 Å². The number of aryl methyl sites for hydroxylation is 2. The Balaban J connectivity index is 1.49. The molecule has 0 spiro atoms. The number of aromatic amines is 2. The number of allylic oxidation sites excluding steroid dienone is 2. The Morgan fingerprint density at radius 1 is 0.960 bits per heavy atom. The monoisotopic (exact) mass is 330 g/mol. The predicted molar refractivity (Wildman–Crippen MR) is 103 cm³/mol. The number of fused-ring (bicyclic) bond motifs is 2. The molecule has 4 heteroatoms. The first-order chi connectivity index (χ1) is 12.1. The molecule has 4 aromatic rings. The van der Waals surface area contributed by atoms with Gasteiger partial charge in [-0.15, -0.1) is 0 Å². The molecule has 0 fully saturated rings. The summed E-state index contributed by atoms with van der Waals surface area (Å²) in [5.41, 5.74) is 8.14. The zero-order chi connectivity index (χ0) is 17.4. The summed E-state index contributed by atoms with van der Waals surface area (Å²) in [6.45, 7) is 6.25. The number of hydrogen-bond acceptors (Lipinski definition) is 2. The lowest BCUT2D eigenvalue weighted by Crippen LogP contribution is -1.91. The van der Waals surface area contributed by atoms with Crippen LogP contribution in [0, 0.1) is 13.8 Å². The molecule has 2 N–H and O–H groups in total. The summed E-state index contributed by atoms with van der Waals surface area (Å²) in [5, 5.41) is 0. The highest BCUT2D eigenvalue weighted by Crippen LogP contribution is 2.17. The maximum absolute atomic E-state index is 4.68. The van der Waals surface area contributed by atoms with E-state index < -0.39 is 0 Å². The van der Waals surface area contributed by atoms with Crippen molar-refractivity contribution >= 4 is 22.1 Å². The molecule has 0 radical (unpaired) electrons. The van der Waals surface area contributed by atoms with Crippen LogP contribution in [0.4, 0.5) is 0 Å². The molecular formula is C21H22N4. The van der Waals surface area contributed by atoms with Crippen molar-refractivity contribution in [3.05, 3.63) is 70.8 Å². The summed E-state index contributed by atoms with van der Waals surface area (Å²) < 4.78 is 0. The molecule has 0 aliphatic carbocycles. The van der Waals surface area contributed by atoms with Gasteiger partial charge in [0.2, 0.25) is 0 Å². The Hall–Kier alpha value is -2.88. The summed E-state index contributed by atoms with van der Waals surface area (Å²) in [7, 11) is 0. The van der Waals surface area contributed by atoms with Crippen LogP contribution in [0.15, 0.2) is 48.0 Å². The van der Waals surface area contributed by atoms with Gasteiger partial charge in [0.05, 0.1) is 22.1 Å². The number of benzene rings is 2. The largest absolute Gasteiger partial charge is 0.342 e. The van der Waals surface area contributed by atoms with Gasteiger partial charge in [0.1, 0.15) is 11.6 Å². The fraction of sp³-hybridized carbons (Fsp3) is 0.238. The number of nitrogens with zero attached hydrogens (tertiary/aromatic N) is 2. The standard InChI is InChI=1S/C21H22N4/c1-13-5-8-18-19(10-13)25-21(24-18)11-14(2)4-6-16-7-9-17-20(12-16)23-15(3)22-17/h4-5,7-10,12H,6,11H2,1-3H3,(H,22,23)(H,24,25)/b14-4-. The second-order valence-electron chi connectivity index (χ2n) is 6.81. The molecule has 4 nitrogen and oxygen atoms in total. The van der Waals surface area contributed by atoms with Crippen molar-refractivity contribution in [3.8, 4) is 0 Å². The molecule has 0 aliphatic heterocycles. The van der Waals surface area contributed by atoms with Crippen LogP contribution in [0.3, 0.4) is 0 Å². The van der Waals surface area contributed by atoms with Crippen molar-refractivity contribution in [3.63, 3.8) is 0 Å². The third kappa shape index (κ3) is 3.33. The normalized spacial score (nSPS) is 12.4. The van der Waals surface area contributed by atoms with E-state index in [1.165, 1.54) is 16.7 Å². The third-order valence-electron chi connectivity index (χ3n) is 4.48.